The first kappa shape index (κ1) is 19.4. The Hall–Kier alpha value is -2.37. The second-order valence-corrected chi connectivity index (χ2v) is 7.26. The highest BCUT2D eigenvalue weighted by atomic mass is 15.2. The lowest BCUT2D eigenvalue weighted by Crippen LogP contribution is -2.43. The SMILES string of the molecule is CN1CCN(Cc2ccc(CN=C(N)NCCc3ccccc3)cc2)CC1. The summed E-state index contributed by atoms with van der Waals surface area (Å²) < 4.78 is 0. The molecule has 3 rings (SSSR count). The van der Waals surface area contributed by atoms with Gasteiger partial charge in [0, 0.05) is 39.3 Å². The number of hydrogen-bond donors (Lipinski definition) is 2. The summed E-state index contributed by atoms with van der Waals surface area (Å²) in [6, 6.07) is 19.1. The van der Waals surface area contributed by atoms with Crippen molar-refractivity contribution in [3.63, 3.8) is 0 Å². The molecule has 0 saturated carbocycles. The maximum absolute atomic E-state index is 5.98. The van der Waals surface area contributed by atoms with Crippen molar-refractivity contribution in [3.8, 4) is 0 Å². The minimum atomic E-state index is 0.507. The number of piperazine rings is 1. The monoisotopic (exact) mass is 365 g/mol. The quantitative estimate of drug-likeness (QED) is 0.583. The molecule has 0 spiro atoms. The van der Waals surface area contributed by atoms with Crippen LogP contribution < -0.4 is 11.1 Å². The van der Waals surface area contributed by atoms with E-state index in [9.17, 15) is 0 Å². The van der Waals surface area contributed by atoms with Crippen molar-refractivity contribution in [2.45, 2.75) is 19.5 Å². The number of aliphatic imine (C=N–C) groups is 1. The van der Waals surface area contributed by atoms with E-state index >= 15 is 0 Å². The second-order valence-electron chi connectivity index (χ2n) is 7.26. The van der Waals surface area contributed by atoms with Crippen molar-refractivity contribution in [2.75, 3.05) is 39.8 Å². The smallest absolute Gasteiger partial charge is 0.188 e. The van der Waals surface area contributed by atoms with Crippen molar-refractivity contribution in [3.05, 3.63) is 71.3 Å². The Morgan fingerprint density at radius 2 is 1.59 bits per heavy atom. The number of hydrogen-bond acceptors (Lipinski definition) is 3. The molecule has 3 N–H and O–H groups in total. The van der Waals surface area contributed by atoms with Crippen LogP contribution in [0.2, 0.25) is 0 Å². The molecule has 0 aromatic heterocycles. The molecule has 0 bridgehead atoms. The number of benzene rings is 2. The van der Waals surface area contributed by atoms with Crippen LogP contribution in [0.25, 0.3) is 0 Å². The highest BCUT2D eigenvalue weighted by molar-refractivity contribution is 5.77. The minimum Gasteiger partial charge on any atom is -0.370 e. The topological polar surface area (TPSA) is 56.9 Å². The molecule has 1 heterocycles. The summed E-state index contributed by atoms with van der Waals surface area (Å²) in [4.78, 5) is 9.35. The van der Waals surface area contributed by atoms with Crippen molar-refractivity contribution in [1.82, 2.24) is 15.1 Å². The lowest BCUT2D eigenvalue weighted by atomic mass is 10.1. The predicted molar refractivity (Wildman–Crippen MR) is 113 cm³/mol. The third-order valence-electron chi connectivity index (χ3n) is 5.02. The Bertz CT molecular complexity index is 703. The van der Waals surface area contributed by atoms with Crippen molar-refractivity contribution in [1.29, 1.82) is 0 Å². The van der Waals surface area contributed by atoms with Crippen LogP contribution in [0.1, 0.15) is 16.7 Å². The van der Waals surface area contributed by atoms with E-state index in [0.717, 1.165) is 45.7 Å². The third kappa shape index (κ3) is 6.70. The molecule has 1 saturated heterocycles. The molecule has 1 aliphatic heterocycles. The zero-order valence-electron chi connectivity index (χ0n) is 16.3. The summed E-state index contributed by atoms with van der Waals surface area (Å²) in [6.07, 6.45) is 0.943. The van der Waals surface area contributed by atoms with Crippen LogP contribution in [0.5, 0.6) is 0 Å². The van der Waals surface area contributed by atoms with E-state index in [1.54, 1.807) is 0 Å². The number of guanidine groups is 1. The van der Waals surface area contributed by atoms with Crippen LogP contribution in [0, 0.1) is 0 Å². The molecule has 0 radical (unpaired) electrons. The van der Waals surface area contributed by atoms with Gasteiger partial charge < -0.3 is 16.0 Å². The molecule has 2 aromatic rings. The number of rotatable bonds is 7. The maximum atomic E-state index is 5.98. The fraction of sp³-hybridized carbons (Fsp3) is 0.409. The molecular formula is C22H31N5. The summed E-state index contributed by atoms with van der Waals surface area (Å²) in [5.74, 6) is 0.507. The molecule has 144 valence electrons. The van der Waals surface area contributed by atoms with E-state index in [1.165, 1.54) is 16.7 Å². The summed E-state index contributed by atoms with van der Waals surface area (Å²) in [7, 11) is 2.19. The van der Waals surface area contributed by atoms with E-state index in [4.69, 9.17) is 5.73 Å². The molecule has 0 atom stereocenters. The average molecular weight is 366 g/mol. The van der Waals surface area contributed by atoms with Gasteiger partial charge in [-0.05, 0) is 30.2 Å². The number of likely N-dealkylation sites (N-methyl/N-ethyl adjacent to an activating group) is 1. The highest BCUT2D eigenvalue weighted by Gasteiger charge is 2.13. The van der Waals surface area contributed by atoms with Crippen LogP contribution in [0.15, 0.2) is 59.6 Å². The first-order chi connectivity index (χ1) is 13.2. The summed E-state index contributed by atoms with van der Waals surface area (Å²) in [6.45, 7) is 7.04. The minimum absolute atomic E-state index is 0.507. The second kappa shape index (κ2) is 10.1. The molecule has 1 fully saturated rings. The molecule has 0 unspecified atom stereocenters. The Kier molecular flexibility index (Phi) is 7.25. The molecule has 27 heavy (non-hydrogen) atoms. The van der Waals surface area contributed by atoms with Gasteiger partial charge in [-0.15, -0.1) is 0 Å². The number of nitrogens with zero attached hydrogens (tertiary/aromatic N) is 3. The van der Waals surface area contributed by atoms with Crippen LogP contribution >= 0.6 is 0 Å². The summed E-state index contributed by atoms with van der Waals surface area (Å²) in [5.41, 5.74) is 9.83. The molecule has 1 aliphatic rings. The largest absolute Gasteiger partial charge is 0.370 e. The van der Waals surface area contributed by atoms with E-state index in [-0.39, 0.29) is 0 Å². The van der Waals surface area contributed by atoms with Gasteiger partial charge in [-0.2, -0.15) is 0 Å². The van der Waals surface area contributed by atoms with Gasteiger partial charge in [0.1, 0.15) is 0 Å². The van der Waals surface area contributed by atoms with E-state index in [1.807, 2.05) is 6.07 Å². The molecule has 2 aromatic carbocycles. The van der Waals surface area contributed by atoms with Gasteiger partial charge in [-0.1, -0.05) is 54.6 Å². The van der Waals surface area contributed by atoms with Gasteiger partial charge in [0.15, 0.2) is 5.96 Å². The zero-order valence-corrected chi connectivity index (χ0v) is 16.3. The Morgan fingerprint density at radius 3 is 2.30 bits per heavy atom. The number of nitrogens with one attached hydrogen (secondary N) is 1. The van der Waals surface area contributed by atoms with Crippen molar-refractivity contribution in [2.24, 2.45) is 10.7 Å². The Morgan fingerprint density at radius 1 is 0.926 bits per heavy atom. The molecule has 0 aliphatic carbocycles. The fourth-order valence-corrected chi connectivity index (χ4v) is 3.23. The third-order valence-corrected chi connectivity index (χ3v) is 5.02. The van der Waals surface area contributed by atoms with Gasteiger partial charge in [0.2, 0.25) is 0 Å². The molecule has 5 nitrogen and oxygen atoms in total. The maximum Gasteiger partial charge on any atom is 0.188 e. The van der Waals surface area contributed by atoms with Gasteiger partial charge in [0.05, 0.1) is 6.54 Å². The first-order valence-corrected chi connectivity index (χ1v) is 9.75. The summed E-state index contributed by atoms with van der Waals surface area (Å²) in [5, 5.41) is 3.19. The van der Waals surface area contributed by atoms with Crippen molar-refractivity contribution < 1.29 is 0 Å². The molecule has 0 amide bonds. The average Bonchev–Trinajstić information content (AvgIpc) is 2.70. The highest BCUT2D eigenvalue weighted by Crippen LogP contribution is 2.10. The normalized spacial score (nSPS) is 16.4. The van der Waals surface area contributed by atoms with Crippen LogP contribution in [0.3, 0.4) is 0 Å². The fourth-order valence-electron chi connectivity index (χ4n) is 3.23. The lowest BCUT2D eigenvalue weighted by molar-refractivity contribution is 0.148. The van der Waals surface area contributed by atoms with E-state index < -0.39 is 0 Å². The predicted octanol–water partition coefficient (Wildman–Crippen LogP) is 2.08. The van der Waals surface area contributed by atoms with Crippen LogP contribution in [-0.2, 0) is 19.5 Å². The van der Waals surface area contributed by atoms with Gasteiger partial charge >= 0.3 is 0 Å². The zero-order chi connectivity index (χ0) is 18.9. The summed E-state index contributed by atoms with van der Waals surface area (Å²) >= 11 is 0. The van der Waals surface area contributed by atoms with Crippen LogP contribution in [-0.4, -0.2) is 55.5 Å². The van der Waals surface area contributed by atoms with Gasteiger partial charge in [-0.3, -0.25) is 4.90 Å². The van der Waals surface area contributed by atoms with Gasteiger partial charge in [0.25, 0.3) is 0 Å². The Balaban J connectivity index is 1.40. The van der Waals surface area contributed by atoms with Crippen LogP contribution in [0.4, 0.5) is 0 Å². The standard InChI is InChI=1S/C22H31N5/c1-26-13-15-27(16-14-26)18-21-9-7-20(8-10-21)17-25-22(23)24-12-11-19-5-3-2-4-6-19/h2-10H,11-18H2,1H3,(H3,23,24,25). The van der Waals surface area contributed by atoms with E-state index in [0.29, 0.717) is 12.5 Å². The lowest BCUT2D eigenvalue weighted by Gasteiger charge is -2.32. The first-order valence-electron chi connectivity index (χ1n) is 9.75. The Labute approximate surface area is 162 Å². The number of nitrogens with two attached hydrogens (primary N) is 1. The molecule has 5 heteroatoms. The van der Waals surface area contributed by atoms with Crippen molar-refractivity contribution >= 4 is 5.96 Å². The molecular weight excluding hydrogens is 334 g/mol. The van der Waals surface area contributed by atoms with Gasteiger partial charge in [-0.25, -0.2) is 4.99 Å². The van der Waals surface area contributed by atoms with E-state index in [2.05, 4.69) is 75.7 Å².